The van der Waals surface area contributed by atoms with Gasteiger partial charge in [0.25, 0.3) is 0 Å². The van der Waals surface area contributed by atoms with Gasteiger partial charge >= 0.3 is 0 Å². The summed E-state index contributed by atoms with van der Waals surface area (Å²) in [6, 6.07) is 0.355. The van der Waals surface area contributed by atoms with Crippen molar-refractivity contribution in [3.8, 4) is 0 Å². The Morgan fingerprint density at radius 2 is 2.30 bits per heavy atom. The monoisotopic (exact) mass is 277 g/mol. The molecule has 0 aromatic carbocycles. The van der Waals surface area contributed by atoms with Gasteiger partial charge in [0.1, 0.15) is 5.82 Å². The molecule has 20 heavy (non-hydrogen) atoms. The van der Waals surface area contributed by atoms with Crippen molar-refractivity contribution in [1.82, 2.24) is 9.97 Å². The second-order valence-corrected chi connectivity index (χ2v) is 5.41. The van der Waals surface area contributed by atoms with Crippen molar-refractivity contribution in [2.75, 3.05) is 23.3 Å². The van der Waals surface area contributed by atoms with Crippen LogP contribution >= 0.6 is 0 Å². The zero-order chi connectivity index (χ0) is 14.7. The maximum atomic E-state index is 11.4. The van der Waals surface area contributed by atoms with E-state index in [2.05, 4.69) is 27.1 Å². The number of amides is 1. The van der Waals surface area contributed by atoms with Crippen LogP contribution in [0.1, 0.15) is 32.3 Å². The highest BCUT2D eigenvalue weighted by Gasteiger charge is 2.30. The largest absolute Gasteiger partial charge is 0.369 e. The third kappa shape index (κ3) is 3.00. The SMILES string of the molecule is CCNc1ncc(C)c(N2CC(C(N)=O)CCC2C)n1. The molecule has 1 fully saturated rings. The molecule has 0 aliphatic carbocycles. The minimum Gasteiger partial charge on any atom is -0.369 e. The maximum Gasteiger partial charge on any atom is 0.224 e. The van der Waals surface area contributed by atoms with Crippen molar-refractivity contribution < 1.29 is 4.79 Å². The Morgan fingerprint density at radius 3 is 2.95 bits per heavy atom. The first-order valence-corrected chi connectivity index (χ1v) is 7.16. The van der Waals surface area contributed by atoms with Crippen LogP contribution in [0.25, 0.3) is 0 Å². The van der Waals surface area contributed by atoms with Crippen LogP contribution in [0.15, 0.2) is 6.20 Å². The fourth-order valence-corrected chi connectivity index (χ4v) is 2.60. The van der Waals surface area contributed by atoms with Crippen LogP contribution in [-0.4, -0.2) is 35.0 Å². The summed E-state index contributed by atoms with van der Waals surface area (Å²) >= 11 is 0. The summed E-state index contributed by atoms with van der Waals surface area (Å²) < 4.78 is 0. The molecule has 0 bridgehead atoms. The average Bonchev–Trinajstić information content (AvgIpc) is 2.42. The topological polar surface area (TPSA) is 84.1 Å². The van der Waals surface area contributed by atoms with Crippen molar-refractivity contribution >= 4 is 17.7 Å². The van der Waals surface area contributed by atoms with Crippen LogP contribution in [0.3, 0.4) is 0 Å². The average molecular weight is 277 g/mol. The van der Waals surface area contributed by atoms with Crippen molar-refractivity contribution in [3.63, 3.8) is 0 Å². The van der Waals surface area contributed by atoms with Crippen LogP contribution in [0.4, 0.5) is 11.8 Å². The number of anilines is 2. The first-order valence-electron chi connectivity index (χ1n) is 7.16. The number of nitrogens with two attached hydrogens (primary N) is 1. The van der Waals surface area contributed by atoms with Gasteiger partial charge in [-0.3, -0.25) is 4.79 Å². The standard InChI is InChI=1S/C14H23N5O/c1-4-16-14-17-7-9(2)13(18-14)19-8-11(12(15)20)6-5-10(19)3/h7,10-11H,4-6,8H2,1-3H3,(H2,15,20)(H,16,17,18). The Kier molecular flexibility index (Phi) is 4.42. The number of hydrogen-bond donors (Lipinski definition) is 2. The smallest absolute Gasteiger partial charge is 0.224 e. The van der Waals surface area contributed by atoms with Crippen molar-refractivity contribution in [2.24, 2.45) is 11.7 Å². The van der Waals surface area contributed by atoms with Gasteiger partial charge in [-0.15, -0.1) is 0 Å². The second kappa shape index (κ2) is 6.07. The Morgan fingerprint density at radius 1 is 1.55 bits per heavy atom. The quantitative estimate of drug-likeness (QED) is 0.866. The Bertz CT molecular complexity index is 490. The van der Waals surface area contributed by atoms with Gasteiger partial charge in [0.2, 0.25) is 11.9 Å². The fraction of sp³-hybridized carbons (Fsp3) is 0.643. The van der Waals surface area contributed by atoms with Gasteiger partial charge in [-0.1, -0.05) is 0 Å². The molecular formula is C14H23N5O. The molecule has 0 radical (unpaired) electrons. The van der Waals surface area contributed by atoms with Crippen LogP contribution in [0, 0.1) is 12.8 Å². The molecular weight excluding hydrogens is 254 g/mol. The van der Waals surface area contributed by atoms with Gasteiger partial charge in [-0.25, -0.2) is 4.98 Å². The van der Waals surface area contributed by atoms with Crippen LogP contribution in [0.5, 0.6) is 0 Å². The lowest BCUT2D eigenvalue weighted by Crippen LogP contribution is -2.46. The van der Waals surface area contributed by atoms with Crippen molar-refractivity contribution in [3.05, 3.63) is 11.8 Å². The molecule has 3 N–H and O–H groups in total. The van der Waals surface area contributed by atoms with E-state index in [1.807, 2.05) is 20.0 Å². The molecule has 6 nitrogen and oxygen atoms in total. The molecule has 1 saturated heterocycles. The van der Waals surface area contributed by atoms with E-state index in [0.29, 0.717) is 18.5 Å². The summed E-state index contributed by atoms with van der Waals surface area (Å²) in [5.41, 5.74) is 6.48. The second-order valence-electron chi connectivity index (χ2n) is 5.41. The minimum atomic E-state index is -0.222. The molecule has 110 valence electrons. The number of piperidine rings is 1. The molecule has 2 unspecified atom stereocenters. The number of carbonyl (C=O) groups is 1. The number of hydrogen-bond acceptors (Lipinski definition) is 5. The summed E-state index contributed by atoms with van der Waals surface area (Å²) in [6.45, 7) is 7.58. The van der Waals surface area contributed by atoms with Crippen molar-refractivity contribution in [1.29, 1.82) is 0 Å². The Labute approximate surface area is 119 Å². The van der Waals surface area contributed by atoms with Crippen LogP contribution in [-0.2, 0) is 4.79 Å². The summed E-state index contributed by atoms with van der Waals surface area (Å²) in [5, 5.41) is 3.12. The Balaban J connectivity index is 2.27. The summed E-state index contributed by atoms with van der Waals surface area (Å²) in [5.74, 6) is 1.21. The molecule has 2 heterocycles. The summed E-state index contributed by atoms with van der Waals surface area (Å²) in [7, 11) is 0. The number of carbonyl (C=O) groups excluding carboxylic acids is 1. The van der Waals surface area contributed by atoms with Gasteiger partial charge in [-0.2, -0.15) is 4.98 Å². The maximum absolute atomic E-state index is 11.4. The molecule has 2 rings (SSSR count). The van der Waals surface area contributed by atoms with Crippen LogP contribution < -0.4 is 16.0 Å². The van der Waals surface area contributed by atoms with E-state index >= 15 is 0 Å². The van der Waals surface area contributed by atoms with E-state index in [0.717, 1.165) is 30.8 Å². The lowest BCUT2D eigenvalue weighted by Gasteiger charge is -2.38. The third-order valence-electron chi connectivity index (χ3n) is 3.84. The predicted octanol–water partition coefficient (Wildman–Crippen LogP) is 1.31. The summed E-state index contributed by atoms with van der Waals surface area (Å²) in [6.07, 6.45) is 3.63. The molecule has 6 heteroatoms. The molecule has 1 aliphatic rings. The first kappa shape index (κ1) is 14.6. The van der Waals surface area contributed by atoms with Gasteiger partial charge in [-0.05, 0) is 33.6 Å². The highest BCUT2D eigenvalue weighted by atomic mass is 16.1. The van der Waals surface area contributed by atoms with E-state index in [1.54, 1.807) is 0 Å². The number of nitrogens with one attached hydrogen (secondary N) is 1. The zero-order valence-corrected chi connectivity index (χ0v) is 12.4. The molecule has 0 spiro atoms. The van der Waals surface area contributed by atoms with Gasteiger partial charge < -0.3 is 16.0 Å². The van der Waals surface area contributed by atoms with Crippen LogP contribution in [0.2, 0.25) is 0 Å². The fourth-order valence-electron chi connectivity index (χ4n) is 2.60. The minimum absolute atomic E-state index is 0.0943. The van der Waals surface area contributed by atoms with Crippen molar-refractivity contribution in [2.45, 2.75) is 39.7 Å². The van der Waals surface area contributed by atoms with E-state index < -0.39 is 0 Å². The first-order chi connectivity index (χ1) is 9.52. The van der Waals surface area contributed by atoms with E-state index in [-0.39, 0.29) is 11.8 Å². The third-order valence-corrected chi connectivity index (χ3v) is 3.84. The number of primary amides is 1. The molecule has 1 aromatic heterocycles. The molecule has 1 aliphatic heterocycles. The molecule has 1 amide bonds. The lowest BCUT2D eigenvalue weighted by atomic mass is 9.92. The highest BCUT2D eigenvalue weighted by Crippen LogP contribution is 2.28. The van der Waals surface area contributed by atoms with Gasteiger partial charge in [0, 0.05) is 30.9 Å². The molecule has 1 aromatic rings. The summed E-state index contributed by atoms with van der Waals surface area (Å²) in [4.78, 5) is 22.5. The van der Waals surface area contributed by atoms with Gasteiger partial charge in [0.05, 0.1) is 5.92 Å². The lowest BCUT2D eigenvalue weighted by molar-refractivity contribution is -0.122. The zero-order valence-electron chi connectivity index (χ0n) is 12.4. The Hall–Kier alpha value is -1.85. The normalized spacial score (nSPS) is 22.6. The number of aromatic nitrogens is 2. The molecule has 0 saturated carbocycles. The van der Waals surface area contributed by atoms with E-state index in [1.165, 1.54) is 0 Å². The molecule has 2 atom stereocenters. The van der Waals surface area contributed by atoms with E-state index in [4.69, 9.17) is 5.73 Å². The van der Waals surface area contributed by atoms with E-state index in [9.17, 15) is 4.79 Å². The highest BCUT2D eigenvalue weighted by molar-refractivity contribution is 5.77. The number of rotatable bonds is 4. The van der Waals surface area contributed by atoms with Gasteiger partial charge in [0.15, 0.2) is 0 Å². The predicted molar refractivity (Wildman–Crippen MR) is 79.7 cm³/mol. The number of nitrogens with zero attached hydrogens (tertiary/aromatic N) is 3. The number of aryl methyl sites for hydroxylation is 1.